The first-order valence-electron chi connectivity index (χ1n) is 8.12. The number of rotatable bonds is 6. The zero-order valence-corrected chi connectivity index (χ0v) is 16.6. The molecule has 3 aromatic heterocycles. The Hall–Kier alpha value is -2.42. The van der Waals surface area contributed by atoms with E-state index < -0.39 is 0 Å². The maximum Gasteiger partial charge on any atom is 0.211 e. The van der Waals surface area contributed by atoms with Crippen LogP contribution in [0.4, 0.5) is 10.9 Å². The molecule has 3 heterocycles. The molecule has 0 aliphatic rings. The Balaban J connectivity index is 1.42. The number of hydrogen-bond acceptors (Lipinski definition) is 6. The van der Waals surface area contributed by atoms with Crippen LogP contribution in [0.1, 0.15) is 16.3 Å². The van der Waals surface area contributed by atoms with E-state index >= 15 is 0 Å². The summed E-state index contributed by atoms with van der Waals surface area (Å²) in [5.41, 5.74) is 1.81. The lowest BCUT2D eigenvalue weighted by atomic mass is 10.2. The molecular formula is C17H15Cl2N7S. The quantitative estimate of drug-likeness (QED) is 0.501. The largest absolute Gasteiger partial charge is 0.313 e. The normalized spacial score (nSPS) is 11.1. The summed E-state index contributed by atoms with van der Waals surface area (Å²) in [7, 11) is 0. The van der Waals surface area contributed by atoms with Crippen LogP contribution in [0.25, 0.3) is 0 Å². The Morgan fingerprint density at radius 3 is 2.44 bits per heavy atom. The van der Waals surface area contributed by atoms with Crippen LogP contribution in [0.2, 0.25) is 10.0 Å². The number of aryl methyl sites for hydroxylation is 1. The SMILES string of the molecule is Cc1ccn(Cc2nnc(Nc3ccn(Cc4c(Cl)cccc4Cl)n3)s2)n1. The summed E-state index contributed by atoms with van der Waals surface area (Å²) in [5.74, 6) is 0.677. The molecule has 1 N–H and O–H groups in total. The van der Waals surface area contributed by atoms with Gasteiger partial charge in [-0.3, -0.25) is 9.36 Å². The maximum absolute atomic E-state index is 6.22. The van der Waals surface area contributed by atoms with Crippen molar-refractivity contribution in [3.63, 3.8) is 0 Å². The van der Waals surface area contributed by atoms with Crippen molar-refractivity contribution in [2.24, 2.45) is 0 Å². The van der Waals surface area contributed by atoms with Gasteiger partial charge in [0.15, 0.2) is 5.82 Å². The van der Waals surface area contributed by atoms with E-state index in [0.29, 0.717) is 34.1 Å². The number of benzene rings is 1. The van der Waals surface area contributed by atoms with Crippen LogP contribution in [0.15, 0.2) is 42.7 Å². The van der Waals surface area contributed by atoms with Gasteiger partial charge in [-0.2, -0.15) is 10.2 Å². The van der Waals surface area contributed by atoms with Crippen molar-refractivity contribution in [2.75, 3.05) is 5.32 Å². The predicted octanol–water partition coefficient (Wildman–Crippen LogP) is 4.39. The van der Waals surface area contributed by atoms with Crippen LogP contribution in [0.3, 0.4) is 0 Å². The number of hydrogen-bond donors (Lipinski definition) is 1. The van der Waals surface area contributed by atoms with Crippen molar-refractivity contribution in [3.05, 3.63) is 69.0 Å². The highest BCUT2D eigenvalue weighted by atomic mass is 35.5. The summed E-state index contributed by atoms with van der Waals surface area (Å²) in [5, 5.41) is 23.1. The Morgan fingerprint density at radius 1 is 0.963 bits per heavy atom. The van der Waals surface area contributed by atoms with Gasteiger partial charge in [0.25, 0.3) is 0 Å². The van der Waals surface area contributed by atoms with Crippen molar-refractivity contribution in [1.82, 2.24) is 29.8 Å². The zero-order valence-electron chi connectivity index (χ0n) is 14.3. The molecule has 7 nitrogen and oxygen atoms in total. The fraction of sp³-hybridized carbons (Fsp3) is 0.176. The molecule has 0 fully saturated rings. The Morgan fingerprint density at radius 2 is 1.70 bits per heavy atom. The first-order valence-corrected chi connectivity index (χ1v) is 9.70. The molecule has 10 heteroatoms. The first-order chi connectivity index (χ1) is 13.1. The van der Waals surface area contributed by atoms with Gasteiger partial charge in [-0.15, -0.1) is 10.2 Å². The van der Waals surface area contributed by atoms with Gasteiger partial charge in [-0.05, 0) is 25.1 Å². The second kappa shape index (κ2) is 7.67. The van der Waals surface area contributed by atoms with Crippen molar-refractivity contribution in [2.45, 2.75) is 20.0 Å². The van der Waals surface area contributed by atoms with E-state index in [2.05, 4.69) is 25.7 Å². The molecule has 0 aliphatic heterocycles. The van der Waals surface area contributed by atoms with Crippen LogP contribution in [-0.2, 0) is 13.1 Å². The zero-order chi connectivity index (χ0) is 18.8. The smallest absolute Gasteiger partial charge is 0.211 e. The van der Waals surface area contributed by atoms with Gasteiger partial charge in [0, 0.05) is 34.1 Å². The Kier molecular flexibility index (Phi) is 5.11. The highest BCUT2D eigenvalue weighted by Crippen LogP contribution is 2.25. The van der Waals surface area contributed by atoms with Crippen LogP contribution < -0.4 is 5.32 Å². The topological polar surface area (TPSA) is 73.5 Å². The van der Waals surface area contributed by atoms with Crippen molar-refractivity contribution >= 4 is 45.5 Å². The van der Waals surface area contributed by atoms with E-state index in [4.69, 9.17) is 23.2 Å². The van der Waals surface area contributed by atoms with Gasteiger partial charge < -0.3 is 5.32 Å². The summed E-state index contributed by atoms with van der Waals surface area (Å²) < 4.78 is 3.60. The van der Waals surface area contributed by atoms with Crippen molar-refractivity contribution in [3.8, 4) is 0 Å². The summed E-state index contributed by atoms with van der Waals surface area (Å²) >= 11 is 13.9. The van der Waals surface area contributed by atoms with Crippen LogP contribution in [0.5, 0.6) is 0 Å². The highest BCUT2D eigenvalue weighted by Gasteiger charge is 2.10. The lowest BCUT2D eigenvalue weighted by Gasteiger charge is -2.06. The van der Waals surface area contributed by atoms with Gasteiger partial charge >= 0.3 is 0 Å². The second-order valence-corrected chi connectivity index (χ2v) is 7.76. The summed E-state index contributed by atoms with van der Waals surface area (Å²) in [6.45, 7) is 3.03. The number of halogens is 2. The molecule has 0 unspecified atom stereocenters. The van der Waals surface area contributed by atoms with Crippen LogP contribution in [-0.4, -0.2) is 29.8 Å². The molecule has 27 heavy (non-hydrogen) atoms. The number of nitrogens with one attached hydrogen (secondary N) is 1. The highest BCUT2D eigenvalue weighted by molar-refractivity contribution is 7.15. The predicted molar refractivity (Wildman–Crippen MR) is 107 cm³/mol. The van der Waals surface area contributed by atoms with E-state index in [1.54, 1.807) is 4.68 Å². The second-order valence-electron chi connectivity index (χ2n) is 5.88. The molecule has 1 aromatic carbocycles. The molecular weight excluding hydrogens is 405 g/mol. The van der Waals surface area contributed by atoms with Crippen molar-refractivity contribution < 1.29 is 0 Å². The minimum Gasteiger partial charge on any atom is -0.313 e. The average molecular weight is 420 g/mol. The van der Waals surface area contributed by atoms with E-state index in [0.717, 1.165) is 16.3 Å². The van der Waals surface area contributed by atoms with Gasteiger partial charge in [-0.1, -0.05) is 40.6 Å². The standard InChI is InChI=1S/C17H15Cl2N7S/c1-11-5-7-26(23-11)10-16-21-22-17(27-16)20-15-6-8-25(24-15)9-12-13(18)3-2-4-14(12)19/h2-8H,9-10H2,1H3,(H,20,22,24). The minimum atomic E-state index is 0.486. The van der Waals surface area contributed by atoms with Crippen molar-refractivity contribution in [1.29, 1.82) is 0 Å². The molecule has 0 saturated carbocycles. The Labute approximate surface area is 169 Å². The van der Waals surface area contributed by atoms with Gasteiger partial charge in [0.2, 0.25) is 5.13 Å². The van der Waals surface area contributed by atoms with Gasteiger partial charge in [0.05, 0.1) is 18.8 Å². The van der Waals surface area contributed by atoms with Gasteiger partial charge in [-0.25, -0.2) is 0 Å². The summed E-state index contributed by atoms with van der Waals surface area (Å²) in [4.78, 5) is 0. The maximum atomic E-state index is 6.22. The van der Waals surface area contributed by atoms with Gasteiger partial charge in [0.1, 0.15) is 5.01 Å². The summed E-state index contributed by atoms with van der Waals surface area (Å²) in [6.07, 6.45) is 3.78. The van der Waals surface area contributed by atoms with Crippen LogP contribution in [0, 0.1) is 6.92 Å². The average Bonchev–Trinajstić information content (AvgIpc) is 3.35. The first kappa shape index (κ1) is 18.0. The lowest BCUT2D eigenvalue weighted by molar-refractivity contribution is 0.670. The monoisotopic (exact) mass is 419 g/mol. The summed E-state index contributed by atoms with van der Waals surface area (Å²) in [6, 6.07) is 9.27. The Bertz CT molecular complexity index is 1050. The van der Waals surface area contributed by atoms with E-state index in [9.17, 15) is 0 Å². The number of anilines is 2. The molecule has 0 spiro atoms. The molecule has 0 saturated heterocycles. The lowest BCUT2D eigenvalue weighted by Crippen LogP contribution is -2.02. The molecule has 0 bridgehead atoms. The van der Waals surface area contributed by atoms with Crippen LogP contribution >= 0.6 is 34.5 Å². The molecule has 4 aromatic rings. The molecule has 0 aliphatic carbocycles. The third kappa shape index (κ3) is 4.29. The van der Waals surface area contributed by atoms with E-state index in [1.807, 2.05) is 54.3 Å². The number of aromatic nitrogens is 6. The molecule has 0 amide bonds. The third-order valence-corrected chi connectivity index (χ3v) is 5.33. The third-order valence-electron chi connectivity index (χ3n) is 3.80. The molecule has 0 radical (unpaired) electrons. The molecule has 4 rings (SSSR count). The minimum absolute atomic E-state index is 0.486. The van der Waals surface area contributed by atoms with E-state index in [1.165, 1.54) is 11.3 Å². The fourth-order valence-electron chi connectivity index (χ4n) is 2.53. The molecule has 138 valence electrons. The fourth-order valence-corrected chi connectivity index (χ4v) is 3.79. The number of nitrogens with zero attached hydrogens (tertiary/aromatic N) is 6. The van der Waals surface area contributed by atoms with E-state index in [-0.39, 0.29) is 0 Å². The molecule has 0 atom stereocenters.